The lowest BCUT2D eigenvalue weighted by atomic mass is 10.1. The zero-order valence-electron chi connectivity index (χ0n) is 13.5. The first-order valence-corrected chi connectivity index (χ1v) is 9.50. The van der Waals surface area contributed by atoms with Crippen LogP contribution >= 0.6 is 0 Å². The second kappa shape index (κ2) is 6.71. The number of nitriles is 1. The molecule has 0 saturated carbocycles. The normalized spacial score (nSPS) is 12.8. The Bertz CT molecular complexity index is 1030. The fourth-order valence-corrected chi connectivity index (χ4v) is 2.83. The number of hydrogen-bond acceptors (Lipinski definition) is 5. The summed E-state index contributed by atoms with van der Waals surface area (Å²) in [6.45, 7) is 0. The third kappa shape index (κ3) is 4.40. The molecule has 6 nitrogen and oxygen atoms in total. The Morgan fingerprint density at radius 3 is 2.60 bits per heavy atom. The van der Waals surface area contributed by atoms with E-state index in [1.807, 2.05) is 12.1 Å². The van der Waals surface area contributed by atoms with E-state index in [0.717, 1.165) is 11.3 Å². The number of oxazole rings is 1. The highest BCUT2D eigenvalue weighted by Gasteiger charge is 2.07. The van der Waals surface area contributed by atoms with Crippen LogP contribution in [-0.2, 0) is 9.71 Å². The van der Waals surface area contributed by atoms with Gasteiger partial charge in [0, 0.05) is 32.9 Å². The average Bonchev–Trinajstić information content (AvgIpc) is 3.02. The smallest absolute Gasteiger partial charge is 0.299 e. The molecule has 0 saturated heterocycles. The maximum atomic E-state index is 11.7. The minimum absolute atomic E-state index is 0.336. The summed E-state index contributed by atoms with van der Waals surface area (Å²) in [6.07, 6.45) is 3.14. The van der Waals surface area contributed by atoms with Crippen LogP contribution in [0.15, 0.2) is 59.1 Å². The van der Waals surface area contributed by atoms with Gasteiger partial charge in [0.1, 0.15) is 0 Å². The van der Waals surface area contributed by atoms with Gasteiger partial charge in [-0.2, -0.15) is 5.26 Å². The zero-order valence-corrected chi connectivity index (χ0v) is 14.3. The van der Waals surface area contributed by atoms with Crippen molar-refractivity contribution in [2.45, 2.75) is 0 Å². The summed E-state index contributed by atoms with van der Waals surface area (Å²) >= 11 is 0. The second-order valence-electron chi connectivity index (χ2n) is 5.53. The molecule has 7 heteroatoms. The number of aromatic nitrogens is 1. The Balaban J connectivity index is 1.77. The highest BCUT2D eigenvalue weighted by atomic mass is 32.2. The van der Waals surface area contributed by atoms with Gasteiger partial charge in [0.15, 0.2) is 5.76 Å². The Labute approximate surface area is 146 Å². The fraction of sp³-hybridized carbons (Fsp3) is 0.0556. The Hall–Kier alpha value is -3.24. The number of nitrogens with one attached hydrogen (secondary N) is 2. The van der Waals surface area contributed by atoms with Gasteiger partial charge in [0.05, 0.1) is 17.8 Å². The van der Waals surface area contributed by atoms with E-state index in [-0.39, 0.29) is 0 Å². The van der Waals surface area contributed by atoms with Crippen LogP contribution in [0, 0.1) is 11.3 Å². The van der Waals surface area contributed by atoms with E-state index in [2.05, 4.69) is 27.0 Å². The lowest BCUT2D eigenvalue weighted by Crippen LogP contribution is -2.09. The molecule has 0 spiro atoms. The first kappa shape index (κ1) is 16.6. The van der Waals surface area contributed by atoms with Crippen LogP contribution in [0.1, 0.15) is 5.56 Å². The minimum atomic E-state index is -2.34. The molecule has 2 aromatic carbocycles. The minimum Gasteiger partial charge on any atom is -0.423 e. The van der Waals surface area contributed by atoms with Gasteiger partial charge in [-0.15, -0.1) is 0 Å². The van der Waals surface area contributed by atoms with Gasteiger partial charge < -0.3 is 14.5 Å². The van der Waals surface area contributed by atoms with E-state index < -0.39 is 9.71 Å². The molecule has 0 aliphatic heterocycles. The molecule has 0 amide bonds. The monoisotopic (exact) mass is 352 g/mol. The number of hydrogen-bond donors (Lipinski definition) is 2. The molecule has 2 N–H and O–H groups in total. The van der Waals surface area contributed by atoms with Gasteiger partial charge in [-0.25, -0.2) is 9.19 Å². The molecule has 3 rings (SSSR count). The van der Waals surface area contributed by atoms with Crippen molar-refractivity contribution >= 4 is 33.0 Å². The molecular weight excluding hydrogens is 336 g/mol. The Morgan fingerprint density at radius 2 is 1.92 bits per heavy atom. The Kier molecular flexibility index (Phi) is 4.46. The van der Waals surface area contributed by atoms with Crippen LogP contribution in [0.3, 0.4) is 0 Å². The summed E-state index contributed by atoms with van der Waals surface area (Å²) in [4.78, 5) is 4.20. The summed E-state index contributed by atoms with van der Waals surface area (Å²) in [5, 5.41) is 11.9. The number of nitrogens with zero attached hydrogens (tertiary/aromatic N) is 2. The van der Waals surface area contributed by atoms with Crippen LogP contribution in [0.4, 0.5) is 17.4 Å². The van der Waals surface area contributed by atoms with Crippen molar-refractivity contribution in [3.63, 3.8) is 0 Å². The molecule has 0 fully saturated rings. The van der Waals surface area contributed by atoms with E-state index in [9.17, 15) is 4.21 Å². The molecule has 0 aliphatic carbocycles. The first-order chi connectivity index (χ1) is 11.9. The van der Waals surface area contributed by atoms with Crippen molar-refractivity contribution in [1.29, 1.82) is 5.26 Å². The number of benzene rings is 2. The summed E-state index contributed by atoms with van der Waals surface area (Å²) in [6, 6.07) is 16.7. The van der Waals surface area contributed by atoms with Gasteiger partial charge in [-0.05, 0) is 48.3 Å². The highest BCUT2D eigenvalue weighted by Crippen LogP contribution is 2.25. The van der Waals surface area contributed by atoms with E-state index in [1.165, 1.54) is 6.26 Å². The Morgan fingerprint density at radius 1 is 1.20 bits per heavy atom. The molecule has 1 unspecified atom stereocenters. The van der Waals surface area contributed by atoms with Gasteiger partial charge in [0.25, 0.3) is 6.01 Å². The molecule has 1 aromatic heterocycles. The van der Waals surface area contributed by atoms with Crippen molar-refractivity contribution in [2.24, 2.45) is 0 Å². The maximum Gasteiger partial charge on any atom is 0.299 e. The van der Waals surface area contributed by atoms with Crippen molar-refractivity contribution in [3.8, 4) is 17.4 Å². The largest absolute Gasteiger partial charge is 0.423 e. The third-order valence-electron chi connectivity index (χ3n) is 3.25. The maximum absolute atomic E-state index is 11.7. The molecule has 1 heterocycles. The predicted octanol–water partition coefficient (Wildman–Crippen LogP) is 3.63. The topological polar surface area (TPSA) is 91.0 Å². The number of anilines is 3. The molecule has 0 aliphatic rings. The van der Waals surface area contributed by atoms with E-state index >= 15 is 0 Å². The quantitative estimate of drug-likeness (QED) is 0.684. The summed E-state index contributed by atoms with van der Waals surface area (Å²) < 4.78 is 20.3. The average molecular weight is 352 g/mol. The highest BCUT2D eigenvalue weighted by molar-refractivity contribution is 8.00. The van der Waals surface area contributed by atoms with Crippen LogP contribution in [0.2, 0.25) is 0 Å². The first-order valence-electron chi connectivity index (χ1n) is 7.36. The zero-order chi connectivity index (χ0) is 17.9. The van der Waals surface area contributed by atoms with Crippen LogP contribution in [0.25, 0.3) is 11.3 Å². The summed E-state index contributed by atoms with van der Waals surface area (Å²) in [7, 11) is -2.34. The lowest BCUT2D eigenvalue weighted by molar-refractivity contribution is 0.592. The summed E-state index contributed by atoms with van der Waals surface area (Å²) in [5.74, 6) is 4.17. The van der Waals surface area contributed by atoms with Crippen molar-refractivity contribution in [2.75, 3.05) is 16.3 Å². The molecule has 1 atom stereocenters. The predicted molar refractivity (Wildman–Crippen MR) is 101 cm³/mol. The standard InChI is InChI=1S/C18H16N4O2S/c1-25(2,23)22-16-5-3-4-15(10-16)21-18-20-12-17(24-18)14-8-6-13(11-19)7-9-14/h3-10,12H,1H2,2H3,(H,20,21)(H,22,23). The van der Waals surface area contributed by atoms with E-state index in [0.29, 0.717) is 23.0 Å². The van der Waals surface area contributed by atoms with Gasteiger partial charge in [0.2, 0.25) is 0 Å². The molecule has 0 radical (unpaired) electrons. The SMILES string of the molecule is C=S(C)(=O)Nc1cccc(Nc2ncc(-c3ccc(C#N)cc3)o2)c1. The van der Waals surface area contributed by atoms with E-state index in [1.54, 1.807) is 42.6 Å². The molecule has 3 aromatic rings. The van der Waals surface area contributed by atoms with Crippen molar-refractivity contribution in [1.82, 2.24) is 4.98 Å². The van der Waals surface area contributed by atoms with Gasteiger partial charge in [-0.1, -0.05) is 6.07 Å². The summed E-state index contributed by atoms with van der Waals surface area (Å²) in [5.41, 5.74) is 2.84. The molecule has 126 valence electrons. The van der Waals surface area contributed by atoms with Crippen LogP contribution in [-0.4, -0.2) is 21.3 Å². The lowest BCUT2D eigenvalue weighted by Gasteiger charge is -2.09. The van der Waals surface area contributed by atoms with Crippen molar-refractivity contribution in [3.05, 3.63) is 60.3 Å². The van der Waals surface area contributed by atoms with Crippen LogP contribution < -0.4 is 10.0 Å². The van der Waals surface area contributed by atoms with Crippen LogP contribution in [0.5, 0.6) is 0 Å². The fourth-order valence-electron chi connectivity index (χ4n) is 2.21. The molecular formula is C18H16N4O2S. The molecule has 0 bridgehead atoms. The van der Waals surface area contributed by atoms with Gasteiger partial charge in [-0.3, -0.25) is 0 Å². The molecule has 25 heavy (non-hydrogen) atoms. The van der Waals surface area contributed by atoms with Crippen molar-refractivity contribution < 1.29 is 8.63 Å². The second-order valence-corrected chi connectivity index (χ2v) is 7.75. The number of rotatable bonds is 5. The van der Waals surface area contributed by atoms with E-state index in [4.69, 9.17) is 9.68 Å². The third-order valence-corrected chi connectivity index (χ3v) is 3.92. The van der Waals surface area contributed by atoms with Gasteiger partial charge >= 0.3 is 0 Å².